The third-order valence-electron chi connectivity index (χ3n) is 3.25. The first-order chi connectivity index (χ1) is 8.58. The molecule has 5 nitrogen and oxygen atoms in total. The number of carbonyl (C=O) groups excluding carboxylic acids is 1. The number of urea groups is 1. The molecule has 1 rings (SSSR count). The van der Waals surface area contributed by atoms with Gasteiger partial charge in [-0.2, -0.15) is 0 Å². The molecule has 0 radical (unpaired) electrons. The zero-order valence-corrected chi connectivity index (χ0v) is 10.8. The minimum atomic E-state index is -1.04. The van der Waals surface area contributed by atoms with Crippen LogP contribution in [0.25, 0.3) is 0 Å². The maximum Gasteiger partial charge on any atom is 0.323 e. The summed E-state index contributed by atoms with van der Waals surface area (Å²) in [5.74, 6) is 1.81. The Morgan fingerprint density at radius 1 is 1.56 bits per heavy atom. The van der Waals surface area contributed by atoms with Gasteiger partial charge in [0.1, 0.15) is 6.54 Å². The maximum atomic E-state index is 12.2. The lowest BCUT2D eigenvalue weighted by molar-refractivity contribution is -0.137. The van der Waals surface area contributed by atoms with Gasteiger partial charge < -0.3 is 14.9 Å². The Kier molecular flexibility index (Phi) is 5.50. The minimum Gasteiger partial charge on any atom is -0.480 e. The van der Waals surface area contributed by atoms with Gasteiger partial charge in [-0.3, -0.25) is 4.79 Å². The van der Waals surface area contributed by atoms with Crippen molar-refractivity contribution in [3.8, 4) is 12.3 Å². The molecule has 0 aromatic rings. The summed E-state index contributed by atoms with van der Waals surface area (Å²) in [4.78, 5) is 25.8. The van der Waals surface area contributed by atoms with E-state index in [0.717, 1.165) is 19.3 Å². The number of hydrogen-bond acceptors (Lipinski definition) is 2. The highest BCUT2D eigenvalue weighted by Gasteiger charge is 2.26. The van der Waals surface area contributed by atoms with Crippen LogP contribution in [-0.2, 0) is 4.79 Å². The van der Waals surface area contributed by atoms with E-state index in [1.807, 2.05) is 0 Å². The van der Waals surface area contributed by atoms with Crippen LogP contribution in [0.5, 0.6) is 0 Å². The molecule has 0 aromatic carbocycles. The highest BCUT2D eigenvalue weighted by atomic mass is 16.4. The molecule has 0 saturated carbocycles. The van der Waals surface area contributed by atoms with Crippen LogP contribution in [0.1, 0.15) is 26.2 Å². The number of likely N-dealkylation sites (tertiary alicyclic amines) is 1. The molecule has 1 fully saturated rings. The summed E-state index contributed by atoms with van der Waals surface area (Å²) in [6.07, 6.45) is 8.32. The SMILES string of the molecule is C#CCN(CC(=O)O)C(=O)N1CCCC(CC)C1. The second-order valence-electron chi connectivity index (χ2n) is 4.60. The maximum absolute atomic E-state index is 12.2. The Balaban J connectivity index is 2.64. The van der Waals surface area contributed by atoms with E-state index in [2.05, 4.69) is 12.8 Å². The molecule has 1 aliphatic rings. The zero-order valence-electron chi connectivity index (χ0n) is 10.8. The summed E-state index contributed by atoms with van der Waals surface area (Å²) in [5.41, 5.74) is 0. The molecule has 1 saturated heterocycles. The molecule has 1 N–H and O–H groups in total. The van der Waals surface area contributed by atoms with Crippen LogP contribution in [0.15, 0.2) is 0 Å². The van der Waals surface area contributed by atoms with Crippen LogP contribution in [0.3, 0.4) is 0 Å². The molecule has 1 unspecified atom stereocenters. The Bertz CT molecular complexity index is 349. The van der Waals surface area contributed by atoms with Crippen molar-refractivity contribution >= 4 is 12.0 Å². The molecule has 0 spiro atoms. The fourth-order valence-electron chi connectivity index (χ4n) is 2.24. The molecule has 0 bridgehead atoms. The van der Waals surface area contributed by atoms with Gasteiger partial charge in [-0.05, 0) is 18.8 Å². The predicted octanol–water partition coefficient (Wildman–Crippen LogP) is 1.25. The van der Waals surface area contributed by atoms with Crippen LogP contribution >= 0.6 is 0 Å². The number of hydrogen-bond donors (Lipinski definition) is 1. The summed E-state index contributed by atoms with van der Waals surface area (Å²) in [5, 5.41) is 8.77. The molecular weight excluding hydrogens is 232 g/mol. The van der Waals surface area contributed by atoms with Crippen molar-refractivity contribution < 1.29 is 14.7 Å². The average Bonchev–Trinajstić information content (AvgIpc) is 2.37. The van der Waals surface area contributed by atoms with E-state index in [4.69, 9.17) is 11.5 Å². The number of carboxylic acids is 1. The molecule has 0 aromatic heterocycles. The first kappa shape index (κ1) is 14.4. The molecule has 1 heterocycles. The lowest BCUT2D eigenvalue weighted by Crippen LogP contribution is -2.49. The summed E-state index contributed by atoms with van der Waals surface area (Å²) >= 11 is 0. The van der Waals surface area contributed by atoms with Crippen LogP contribution in [0.4, 0.5) is 4.79 Å². The summed E-state index contributed by atoms with van der Waals surface area (Å²) in [6.45, 7) is 3.20. The first-order valence-electron chi connectivity index (χ1n) is 6.27. The molecule has 1 atom stereocenters. The van der Waals surface area contributed by atoms with Crippen molar-refractivity contribution in [1.82, 2.24) is 9.80 Å². The number of carboxylic acid groups (broad SMARTS) is 1. The second kappa shape index (κ2) is 6.90. The van der Waals surface area contributed by atoms with Gasteiger partial charge >= 0.3 is 12.0 Å². The fraction of sp³-hybridized carbons (Fsp3) is 0.692. The fourth-order valence-corrected chi connectivity index (χ4v) is 2.24. The van der Waals surface area contributed by atoms with E-state index in [9.17, 15) is 9.59 Å². The number of nitrogens with zero attached hydrogens (tertiary/aromatic N) is 2. The van der Waals surface area contributed by atoms with E-state index in [1.165, 1.54) is 4.90 Å². The van der Waals surface area contributed by atoms with Crippen molar-refractivity contribution in [1.29, 1.82) is 0 Å². The highest BCUT2D eigenvalue weighted by molar-refractivity contribution is 5.80. The van der Waals surface area contributed by atoms with Crippen molar-refractivity contribution in [2.24, 2.45) is 5.92 Å². The van der Waals surface area contributed by atoms with Crippen LogP contribution in [-0.4, -0.2) is 53.1 Å². The van der Waals surface area contributed by atoms with Gasteiger partial charge in [0.2, 0.25) is 0 Å². The monoisotopic (exact) mass is 252 g/mol. The van der Waals surface area contributed by atoms with E-state index < -0.39 is 5.97 Å². The van der Waals surface area contributed by atoms with E-state index in [1.54, 1.807) is 4.90 Å². The number of piperidine rings is 1. The number of aliphatic carboxylic acids is 1. The van der Waals surface area contributed by atoms with Crippen molar-refractivity contribution in [2.75, 3.05) is 26.2 Å². The smallest absolute Gasteiger partial charge is 0.323 e. The number of terminal acetylenes is 1. The third-order valence-corrected chi connectivity index (χ3v) is 3.25. The van der Waals surface area contributed by atoms with Crippen LogP contribution in [0.2, 0.25) is 0 Å². The first-order valence-corrected chi connectivity index (χ1v) is 6.27. The second-order valence-corrected chi connectivity index (χ2v) is 4.60. The predicted molar refractivity (Wildman–Crippen MR) is 68.0 cm³/mol. The quantitative estimate of drug-likeness (QED) is 0.766. The van der Waals surface area contributed by atoms with Gasteiger partial charge in [0.15, 0.2) is 0 Å². The molecule has 18 heavy (non-hydrogen) atoms. The Labute approximate surface area is 108 Å². The number of amides is 2. The number of rotatable bonds is 4. The van der Waals surface area contributed by atoms with Crippen LogP contribution < -0.4 is 0 Å². The molecule has 5 heteroatoms. The van der Waals surface area contributed by atoms with E-state index >= 15 is 0 Å². The van der Waals surface area contributed by atoms with Crippen molar-refractivity contribution in [3.05, 3.63) is 0 Å². The topological polar surface area (TPSA) is 60.9 Å². The Morgan fingerprint density at radius 2 is 2.28 bits per heavy atom. The minimum absolute atomic E-state index is 0.0401. The normalized spacial score (nSPS) is 19.1. The van der Waals surface area contributed by atoms with Crippen molar-refractivity contribution in [2.45, 2.75) is 26.2 Å². The third kappa shape index (κ3) is 3.95. The average molecular weight is 252 g/mol. The van der Waals surface area contributed by atoms with E-state index in [0.29, 0.717) is 19.0 Å². The van der Waals surface area contributed by atoms with Gasteiger partial charge in [-0.25, -0.2) is 4.79 Å². The lowest BCUT2D eigenvalue weighted by Gasteiger charge is -2.35. The Morgan fingerprint density at radius 3 is 2.83 bits per heavy atom. The van der Waals surface area contributed by atoms with Gasteiger partial charge in [-0.1, -0.05) is 19.3 Å². The highest BCUT2D eigenvalue weighted by Crippen LogP contribution is 2.20. The standard InChI is InChI=1S/C13H20N2O3/c1-3-7-14(10-12(16)17)13(18)15-8-5-6-11(4-2)9-15/h1,11H,4-10H2,2H3,(H,16,17). The summed E-state index contributed by atoms with van der Waals surface area (Å²) in [7, 11) is 0. The molecular formula is C13H20N2O3. The largest absolute Gasteiger partial charge is 0.480 e. The van der Waals surface area contributed by atoms with E-state index in [-0.39, 0.29) is 19.1 Å². The van der Waals surface area contributed by atoms with Crippen LogP contribution in [0, 0.1) is 18.3 Å². The summed E-state index contributed by atoms with van der Waals surface area (Å²) < 4.78 is 0. The molecule has 2 amide bonds. The zero-order chi connectivity index (χ0) is 13.5. The lowest BCUT2D eigenvalue weighted by atomic mass is 9.96. The molecule has 1 aliphatic heterocycles. The van der Waals surface area contributed by atoms with Gasteiger partial charge in [0, 0.05) is 13.1 Å². The Hall–Kier alpha value is -1.70. The number of carbonyl (C=O) groups is 2. The molecule has 0 aliphatic carbocycles. The van der Waals surface area contributed by atoms with Gasteiger partial charge in [0.05, 0.1) is 6.54 Å². The molecule has 100 valence electrons. The summed E-state index contributed by atoms with van der Waals surface area (Å²) in [6, 6.07) is -0.256. The van der Waals surface area contributed by atoms with Gasteiger partial charge in [-0.15, -0.1) is 6.42 Å². The van der Waals surface area contributed by atoms with Crippen molar-refractivity contribution in [3.63, 3.8) is 0 Å². The van der Waals surface area contributed by atoms with Gasteiger partial charge in [0.25, 0.3) is 0 Å².